The Hall–Kier alpha value is -0.860. The molecule has 1 N–H and O–H groups in total. The highest BCUT2D eigenvalue weighted by Crippen LogP contribution is 2.38. The van der Waals surface area contributed by atoms with Crippen molar-refractivity contribution in [2.45, 2.75) is 48.0 Å². The molecule has 0 saturated heterocycles. The minimum atomic E-state index is -0.906. The van der Waals surface area contributed by atoms with Crippen molar-refractivity contribution < 1.29 is 14.7 Å². The van der Waals surface area contributed by atoms with Crippen LogP contribution in [0.5, 0.6) is 0 Å². The van der Waals surface area contributed by atoms with Crippen LogP contribution in [0.25, 0.3) is 0 Å². The normalized spacial score (nSPS) is 18.0. The third kappa shape index (κ3) is 2.80. The van der Waals surface area contributed by atoms with Crippen molar-refractivity contribution >= 4 is 11.8 Å². The first-order valence-corrected chi connectivity index (χ1v) is 5.35. The zero-order valence-electron chi connectivity index (χ0n) is 10.5. The maximum atomic E-state index is 12.2. The van der Waals surface area contributed by atoms with Gasteiger partial charge in [0.15, 0.2) is 0 Å². The molecule has 0 fully saturated rings. The summed E-state index contributed by atoms with van der Waals surface area (Å²) in [6.07, 6.45) is 0.552. The Labute approximate surface area is 91.9 Å². The van der Waals surface area contributed by atoms with Crippen LogP contribution in [-0.4, -0.2) is 16.9 Å². The lowest BCUT2D eigenvalue weighted by molar-refractivity contribution is -0.153. The van der Waals surface area contributed by atoms with E-state index in [9.17, 15) is 9.59 Å². The van der Waals surface area contributed by atoms with Crippen LogP contribution in [0.15, 0.2) is 0 Å². The second-order valence-corrected chi connectivity index (χ2v) is 5.41. The van der Waals surface area contributed by atoms with E-state index in [4.69, 9.17) is 5.11 Å². The van der Waals surface area contributed by atoms with Crippen LogP contribution in [0.2, 0.25) is 0 Å². The Kier molecular flexibility index (Phi) is 4.08. The number of ketones is 1. The zero-order chi connectivity index (χ0) is 12.4. The molecule has 0 spiro atoms. The van der Waals surface area contributed by atoms with Gasteiger partial charge in [0, 0.05) is 10.8 Å². The third-order valence-electron chi connectivity index (χ3n) is 3.26. The Balaban J connectivity index is 5.19. The van der Waals surface area contributed by atoms with Gasteiger partial charge in [-0.1, -0.05) is 41.5 Å². The zero-order valence-corrected chi connectivity index (χ0v) is 10.5. The van der Waals surface area contributed by atoms with Gasteiger partial charge in [-0.3, -0.25) is 9.59 Å². The standard InChI is InChI=1S/C12H22O3/c1-7-12(6,8(2)9(13)14)10(15)11(3,4)5/h8H,7H2,1-6H3,(H,13,14). The lowest BCUT2D eigenvalue weighted by Gasteiger charge is -2.36. The summed E-state index contributed by atoms with van der Waals surface area (Å²) in [5.41, 5.74) is -1.27. The second-order valence-electron chi connectivity index (χ2n) is 5.41. The number of aliphatic carboxylic acids is 1. The van der Waals surface area contributed by atoms with Crippen molar-refractivity contribution in [2.24, 2.45) is 16.7 Å². The minimum Gasteiger partial charge on any atom is -0.481 e. The maximum absolute atomic E-state index is 12.2. The first-order valence-electron chi connectivity index (χ1n) is 5.35. The van der Waals surface area contributed by atoms with Crippen LogP contribution in [0, 0.1) is 16.7 Å². The molecule has 88 valence electrons. The van der Waals surface area contributed by atoms with Gasteiger partial charge in [-0.15, -0.1) is 0 Å². The van der Waals surface area contributed by atoms with Gasteiger partial charge in [-0.2, -0.15) is 0 Å². The fourth-order valence-corrected chi connectivity index (χ4v) is 1.79. The van der Waals surface area contributed by atoms with Crippen LogP contribution in [0.4, 0.5) is 0 Å². The average Bonchev–Trinajstić information content (AvgIpc) is 2.12. The lowest BCUT2D eigenvalue weighted by atomic mass is 9.65. The van der Waals surface area contributed by atoms with Crippen molar-refractivity contribution in [1.29, 1.82) is 0 Å². The first kappa shape index (κ1) is 14.1. The van der Waals surface area contributed by atoms with Crippen molar-refractivity contribution in [2.75, 3.05) is 0 Å². The number of hydrogen-bond donors (Lipinski definition) is 1. The Morgan fingerprint density at radius 1 is 1.20 bits per heavy atom. The molecule has 0 aromatic heterocycles. The van der Waals surface area contributed by atoms with Gasteiger partial charge in [0.05, 0.1) is 5.92 Å². The van der Waals surface area contributed by atoms with E-state index in [1.54, 1.807) is 13.8 Å². The average molecular weight is 214 g/mol. The Bertz CT molecular complexity index is 263. The van der Waals surface area contributed by atoms with Crippen LogP contribution in [0.1, 0.15) is 48.0 Å². The molecule has 0 heterocycles. The molecular weight excluding hydrogens is 192 g/mol. The SMILES string of the molecule is CCC(C)(C(=O)C(C)(C)C)C(C)C(=O)O. The van der Waals surface area contributed by atoms with Gasteiger partial charge in [0.1, 0.15) is 5.78 Å². The number of rotatable bonds is 4. The highest BCUT2D eigenvalue weighted by atomic mass is 16.4. The van der Waals surface area contributed by atoms with E-state index in [0.717, 1.165) is 0 Å². The quantitative estimate of drug-likeness (QED) is 0.782. The monoisotopic (exact) mass is 214 g/mol. The molecule has 0 aromatic rings. The van der Waals surface area contributed by atoms with E-state index in [-0.39, 0.29) is 5.78 Å². The van der Waals surface area contributed by atoms with Gasteiger partial charge in [0.25, 0.3) is 0 Å². The molecule has 0 aliphatic heterocycles. The van der Waals surface area contributed by atoms with Crippen molar-refractivity contribution in [3.63, 3.8) is 0 Å². The van der Waals surface area contributed by atoms with E-state index >= 15 is 0 Å². The minimum absolute atomic E-state index is 0.0207. The maximum Gasteiger partial charge on any atom is 0.307 e. The molecule has 0 bridgehead atoms. The fraction of sp³-hybridized carbons (Fsp3) is 0.833. The van der Waals surface area contributed by atoms with Gasteiger partial charge in [0.2, 0.25) is 0 Å². The first-order chi connectivity index (χ1) is 6.57. The second kappa shape index (κ2) is 4.33. The molecule has 15 heavy (non-hydrogen) atoms. The Morgan fingerprint density at radius 3 is 1.80 bits per heavy atom. The predicted molar refractivity (Wildman–Crippen MR) is 59.7 cm³/mol. The van der Waals surface area contributed by atoms with Gasteiger partial charge in [-0.05, 0) is 6.42 Å². The molecule has 0 saturated carbocycles. The molecular formula is C12H22O3. The number of hydrogen-bond acceptors (Lipinski definition) is 2. The predicted octanol–water partition coefficient (Wildman–Crippen LogP) is 2.74. The summed E-state index contributed by atoms with van der Waals surface area (Å²) >= 11 is 0. The van der Waals surface area contributed by atoms with Crippen LogP contribution < -0.4 is 0 Å². The van der Waals surface area contributed by atoms with E-state index in [0.29, 0.717) is 6.42 Å². The van der Waals surface area contributed by atoms with Gasteiger partial charge >= 0.3 is 5.97 Å². The summed E-state index contributed by atoms with van der Waals surface area (Å²) in [5.74, 6) is -1.53. The fourth-order valence-electron chi connectivity index (χ4n) is 1.79. The summed E-state index contributed by atoms with van der Waals surface area (Å²) in [6, 6.07) is 0. The molecule has 0 radical (unpaired) electrons. The Morgan fingerprint density at radius 2 is 1.60 bits per heavy atom. The molecule has 0 rings (SSSR count). The summed E-state index contributed by atoms with van der Waals surface area (Å²) in [7, 11) is 0. The molecule has 0 aliphatic rings. The van der Waals surface area contributed by atoms with Gasteiger partial charge < -0.3 is 5.11 Å². The molecule has 0 aliphatic carbocycles. The van der Waals surface area contributed by atoms with Crippen LogP contribution in [-0.2, 0) is 9.59 Å². The summed E-state index contributed by atoms with van der Waals surface area (Å²) in [5, 5.41) is 9.01. The van der Waals surface area contributed by atoms with Crippen molar-refractivity contribution in [3.8, 4) is 0 Å². The molecule has 0 amide bonds. The van der Waals surface area contributed by atoms with Crippen LogP contribution >= 0.6 is 0 Å². The molecule has 3 heteroatoms. The van der Waals surface area contributed by atoms with Gasteiger partial charge in [-0.25, -0.2) is 0 Å². The molecule has 3 nitrogen and oxygen atoms in total. The van der Waals surface area contributed by atoms with E-state index in [1.165, 1.54) is 0 Å². The lowest BCUT2D eigenvalue weighted by Crippen LogP contribution is -2.44. The topological polar surface area (TPSA) is 54.4 Å². The number of carbonyl (C=O) groups is 2. The van der Waals surface area contributed by atoms with Crippen molar-refractivity contribution in [3.05, 3.63) is 0 Å². The third-order valence-corrected chi connectivity index (χ3v) is 3.26. The number of carbonyl (C=O) groups excluding carboxylic acids is 1. The highest BCUT2D eigenvalue weighted by Gasteiger charge is 2.45. The number of carboxylic acids is 1. The highest BCUT2D eigenvalue weighted by molar-refractivity contribution is 5.92. The summed E-state index contributed by atoms with van der Waals surface area (Å²) in [4.78, 5) is 23.2. The smallest absolute Gasteiger partial charge is 0.307 e. The van der Waals surface area contributed by atoms with E-state index in [2.05, 4.69) is 0 Å². The van der Waals surface area contributed by atoms with E-state index < -0.39 is 22.7 Å². The summed E-state index contributed by atoms with van der Waals surface area (Å²) in [6.45, 7) is 10.7. The number of Topliss-reactive ketones (excluding diaryl/α,β-unsaturated/α-hetero) is 1. The molecule has 0 aromatic carbocycles. The van der Waals surface area contributed by atoms with Crippen LogP contribution in [0.3, 0.4) is 0 Å². The summed E-state index contributed by atoms with van der Waals surface area (Å²) < 4.78 is 0. The molecule has 2 unspecified atom stereocenters. The largest absolute Gasteiger partial charge is 0.481 e. The number of carboxylic acid groups (broad SMARTS) is 1. The van der Waals surface area contributed by atoms with Crippen molar-refractivity contribution in [1.82, 2.24) is 0 Å². The molecule has 2 atom stereocenters. The van der Waals surface area contributed by atoms with E-state index in [1.807, 2.05) is 27.7 Å².